The van der Waals surface area contributed by atoms with Gasteiger partial charge >= 0.3 is 0 Å². The van der Waals surface area contributed by atoms with Gasteiger partial charge in [-0.15, -0.1) is 0 Å². The van der Waals surface area contributed by atoms with Crippen molar-refractivity contribution in [1.29, 1.82) is 0 Å². The predicted octanol–water partition coefficient (Wildman–Crippen LogP) is 0.518. The molecule has 0 amide bonds. The Kier molecular flexibility index (Phi) is 119. The minimum absolute atomic E-state index is 0.833. The third kappa shape index (κ3) is 1380. The van der Waals surface area contributed by atoms with Gasteiger partial charge in [-0.25, -0.2) is 0 Å². The number of aliphatic carboxylic acids is 10. The first-order valence-corrected chi connectivity index (χ1v) is 9.72. The highest BCUT2D eigenvalue weighted by Gasteiger charge is 1.68. The van der Waals surface area contributed by atoms with E-state index in [-0.39, 0.29) is 0 Å². The number of hydrogen-bond acceptors (Lipinski definition) is 11. The van der Waals surface area contributed by atoms with E-state index >= 15 is 0 Å². The molecule has 21 heteroatoms. The minimum Gasteiger partial charge on any atom is -0.481 e. The molecular formula is C21H44O21. The summed E-state index contributed by atoms with van der Waals surface area (Å²) in [7, 11) is 1.00. The first kappa shape index (κ1) is 70.8. The van der Waals surface area contributed by atoms with Crippen LogP contribution in [-0.4, -0.2) is 123 Å². The van der Waals surface area contributed by atoms with Crippen LogP contribution in [0.25, 0.3) is 0 Å². The summed E-state index contributed by atoms with van der Waals surface area (Å²) in [5, 5.41) is 81.2. The number of carbonyl (C=O) groups is 10. The van der Waals surface area contributed by atoms with Gasteiger partial charge in [-0.05, 0) is 0 Å². The summed E-state index contributed by atoms with van der Waals surface area (Å²) in [6.07, 6.45) is 0. The van der Waals surface area contributed by atoms with Gasteiger partial charge in [0.2, 0.25) is 0 Å². The fourth-order valence-electron chi connectivity index (χ4n) is 0. The van der Waals surface area contributed by atoms with Gasteiger partial charge in [-0.2, -0.15) is 0 Å². The standard InChI is InChI=1S/10C2H4O2.CH4O/c10*1-2(3)4;1-2/h10*1H3,(H,3,4);2H,1H3. The van der Waals surface area contributed by atoms with Crippen molar-refractivity contribution in [3.8, 4) is 0 Å². The van der Waals surface area contributed by atoms with Crippen molar-refractivity contribution in [2.45, 2.75) is 69.2 Å². The Hall–Kier alpha value is -5.34. The first-order valence-electron chi connectivity index (χ1n) is 9.72. The molecule has 0 atom stereocenters. The molecule has 0 radical (unpaired) electrons. The summed E-state index contributed by atoms with van der Waals surface area (Å²) in [4.78, 5) is 90.0. The molecule has 0 heterocycles. The average Bonchev–Trinajstić information content (AvgIpc) is 2.57. The SMILES string of the molecule is CC(=O)O.CC(=O)O.CC(=O)O.CC(=O)O.CC(=O)O.CC(=O)O.CC(=O)O.CC(=O)O.CC(=O)O.CC(=O)O.CO. The van der Waals surface area contributed by atoms with E-state index in [1.165, 1.54) is 0 Å². The van der Waals surface area contributed by atoms with Gasteiger partial charge < -0.3 is 56.2 Å². The highest BCUT2D eigenvalue weighted by molar-refractivity contribution is 5.65. The number of rotatable bonds is 0. The van der Waals surface area contributed by atoms with Crippen LogP contribution < -0.4 is 0 Å². The van der Waals surface area contributed by atoms with Crippen molar-refractivity contribution in [3.05, 3.63) is 0 Å². The van der Waals surface area contributed by atoms with Gasteiger partial charge in [0.05, 0.1) is 0 Å². The third-order valence-corrected chi connectivity index (χ3v) is 0. The summed E-state index contributed by atoms with van der Waals surface area (Å²) in [5.74, 6) is -8.33. The summed E-state index contributed by atoms with van der Waals surface area (Å²) in [6, 6.07) is 0. The van der Waals surface area contributed by atoms with Crippen LogP contribution >= 0.6 is 0 Å². The fraction of sp³-hybridized carbons (Fsp3) is 0.524. The molecule has 0 aromatic rings. The minimum atomic E-state index is -0.833. The Morgan fingerprint density at radius 3 is 0.214 bits per heavy atom. The third-order valence-electron chi connectivity index (χ3n) is 0. The molecule has 0 aliphatic carbocycles. The van der Waals surface area contributed by atoms with Crippen molar-refractivity contribution < 1.29 is 104 Å². The molecule has 0 aromatic carbocycles. The fourth-order valence-corrected chi connectivity index (χ4v) is 0. The molecule has 0 aliphatic rings. The summed E-state index contributed by atoms with van der Waals surface area (Å²) < 4.78 is 0. The van der Waals surface area contributed by atoms with Crippen molar-refractivity contribution in [3.63, 3.8) is 0 Å². The van der Waals surface area contributed by atoms with E-state index in [1.54, 1.807) is 0 Å². The Bertz CT molecular complexity index is 472. The van der Waals surface area contributed by atoms with E-state index < -0.39 is 59.7 Å². The molecule has 0 fully saturated rings. The zero-order chi connectivity index (χ0) is 37.8. The second kappa shape index (κ2) is 70.4. The van der Waals surface area contributed by atoms with Gasteiger partial charge in [0.25, 0.3) is 59.7 Å². The number of hydrogen-bond donors (Lipinski definition) is 11. The Labute approximate surface area is 240 Å². The second-order valence-corrected chi connectivity index (χ2v) is 5.19. The molecule has 0 unspecified atom stereocenters. The number of aliphatic hydroxyl groups excluding tert-OH is 1. The van der Waals surface area contributed by atoms with Crippen LogP contribution in [0.1, 0.15) is 69.2 Å². The smallest absolute Gasteiger partial charge is 0.300 e. The lowest BCUT2D eigenvalue weighted by atomic mass is 10.9. The first-order chi connectivity index (χ1) is 18.3. The van der Waals surface area contributed by atoms with E-state index in [1.807, 2.05) is 0 Å². The van der Waals surface area contributed by atoms with Crippen LogP contribution in [0.3, 0.4) is 0 Å². The lowest BCUT2D eigenvalue weighted by molar-refractivity contribution is -0.135. The zero-order valence-corrected chi connectivity index (χ0v) is 25.0. The van der Waals surface area contributed by atoms with E-state index in [0.717, 1.165) is 76.3 Å². The molecule has 21 nitrogen and oxygen atoms in total. The molecule has 0 rings (SSSR count). The lowest BCUT2D eigenvalue weighted by Crippen LogP contribution is -1.78. The Balaban J connectivity index is -0.0000000281. The molecule has 0 aromatic heterocycles. The van der Waals surface area contributed by atoms with Crippen LogP contribution in [0.2, 0.25) is 0 Å². The van der Waals surface area contributed by atoms with E-state index in [4.69, 9.17) is 104 Å². The van der Waals surface area contributed by atoms with Gasteiger partial charge in [0.15, 0.2) is 0 Å². The quantitative estimate of drug-likeness (QED) is 0.173. The number of carboxylic acids is 10. The maximum absolute atomic E-state index is 9.00. The molecule has 0 saturated carbocycles. The molecule has 254 valence electrons. The normalized spacial score (nSPS) is 6.10. The number of aliphatic hydroxyl groups is 1. The monoisotopic (exact) mass is 632 g/mol. The maximum Gasteiger partial charge on any atom is 0.300 e. The molecule has 0 aliphatic heterocycles. The summed E-state index contributed by atoms with van der Waals surface area (Å²) in [6.45, 7) is 10.8. The van der Waals surface area contributed by atoms with Gasteiger partial charge in [0.1, 0.15) is 0 Å². The Morgan fingerprint density at radius 1 is 0.214 bits per heavy atom. The van der Waals surface area contributed by atoms with E-state index in [9.17, 15) is 0 Å². The van der Waals surface area contributed by atoms with Crippen molar-refractivity contribution in [1.82, 2.24) is 0 Å². The van der Waals surface area contributed by atoms with E-state index in [2.05, 4.69) is 0 Å². The van der Waals surface area contributed by atoms with Crippen molar-refractivity contribution in [2.24, 2.45) is 0 Å². The molecule has 42 heavy (non-hydrogen) atoms. The highest BCUT2D eigenvalue weighted by atomic mass is 16.4. The van der Waals surface area contributed by atoms with Crippen LogP contribution in [0.5, 0.6) is 0 Å². The van der Waals surface area contributed by atoms with Gasteiger partial charge in [-0.1, -0.05) is 0 Å². The molecule has 0 spiro atoms. The van der Waals surface area contributed by atoms with Crippen LogP contribution in [-0.2, 0) is 47.9 Å². The topological polar surface area (TPSA) is 393 Å². The largest absolute Gasteiger partial charge is 0.481 e. The lowest BCUT2D eigenvalue weighted by Gasteiger charge is -1.59. The van der Waals surface area contributed by atoms with Crippen molar-refractivity contribution in [2.75, 3.05) is 7.11 Å². The second-order valence-electron chi connectivity index (χ2n) is 5.19. The average molecular weight is 633 g/mol. The Morgan fingerprint density at radius 2 is 0.214 bits per heavy atom. The summed E-state index contributed by atoms with van der Waals surface area (Å²) in [5.41, 5.74) is 0. The van der Waals surface area contributed by atoms with Crippen LogP contribution in [0.4, 0.5) is 0 Å². The van der Waals surface area contributed by atoms with Gasteiger partial charge in [-0.3, -0.25) is 47.9 Å². The van der Waals surface area contributed by atoms with Crippen molar-refractivity contribution >= 4 is 59.7 Å². The molecule has 0 bridgehead atoms. The highest BCUT2D eigenvalue weighted by Crippen LogP contribution is 1.45. The van der Waals surface area contributed by atoms with Gasteiger partial charge in [0, 0.05) is 76.3 Å². The number of carboxylic acid groups (broad SMARTS) is 10. The summed E-state index contributed by atoms with van der Waals surface area (Å²) >= 11 is 0. The maximum atomic E-state index is 9.00. The molecular weight excluding hydrogens is 588 g/mol. The van der Waals surface area contributed by atoms with Crippen LogP contribution in [0, 0.1) is 0 Å². The molecule has 0 saturated heterocycles. The van der Waals surface area contributed by atoms with E-state index in [0.29, 0.717) is 0 Å². The van der Waals surface area contributed by atoms with Crippen LogP contribution in [0.15, 0.2) is 0 Å². The zero-order valence-electron chi connectivity index (χ0n) is 25.0. The predicted molar refractivity (Wildman–Crippen MR) is 141 cm³/mol. The molecule has 11 N–H and O–H groups in total.